The Kier molecular flexibility index (Phi) is 4.17. The summed E-state index contributed by atoms with van der Waals surface area (Å²) in [5.41, 5.74) is 1.83. The van der Waals surface area contributed by atoms with Gasteiger partial charge in [0.1, 0.15) is 17.7 Å². The van der Waals surface area contributed by atoms with Gasteiger partial charge in [0.15, 0.2) is 6.10 Å². The fourth-order valence-electron chi connectivity index (χ4n) is 3.97. The van der Waals surface area contributed by atoms with Crippen molar-refractivity contribution < 1.29 is 18.7 Å². The Morgan fingerprint density at radius 2 is 2.19 bits per heavy atom. The van der Waals surface area contributed by atoms with Gasteiger partial charge in [-0.05, 0) is 60.6 Å². The summed E-state index contributed by atoms with van der Waals surface area (Å²) in [7, 11) is 0. The molecule has 26 heavy (non-hydrogen) atoms. The average molecular weight is 355 g/mol. The van der Waals surface area contributed by atoms with Crippen LogP contribution in [0, 0.1) is 11.2 Å². The molecule has 5 heteroatoms. The van der Waals surface area contributed by atoms with E-state index in [1.807, 2.05) is 12.3 Å². The van der Waals surface area contributed by atoms with E-state index in [0.29, 0.717) is 24.5 Å². The van der Waals surface area contributed by atoms with Gasteiger partial charge in [-0.25, -0.2) is 9.18 Å². The molecule has 1 aliphatic carbocycles. The average Bonchev–Trinajstić information content (AvgIpc) is 2.64. The molecule has 136 valence electrons. The molecule has 0 N–H and O–H groups in total. The molecule has 2 aromatic rings. The quantitative estimate of drug-likeness (QED) is 0.780. The second-order valence-corrected chi connectivity index (χ2v) is 7.72. The van der Waals surface area contributed by atoms with Crippen molar-refractivity contribution in [3.63, 3.8) is 0 Å². The number of hydrogen-bond acceptors (Lipinski definition) is 4. The molecular weight excluding hydrogens is 333 g/mol. The van der Waals surface area contributed by atoms with E-state index in [0.717, 1.165) is 12.0 Å². The summed E-state index contributed by atoms with van der Waals surface area (Å²) >= 11 is 0. The molecule has 0 saturated heterocycles. The molecule has 4 nitrogen and oxygen atoms in total. The van der Waals surface area contributed by atoms with Crippen LogP contribution in [0.25, 0.3) is 0 Å². The fourth-order valence-corrected chi connectivity index (χ4v) is 3.97. The van der Waals surface area contributed by atoms with Crippen molar-refractivity contribution in [2.45, 2.75) is 51.2 Å². The first-order chi connectivity index (χ1) is 12.4. The second kappa shape index (κ2) is 6.38. The monoisotopic (exact) mass is 355 g/mol. The molecule has 2 heterocycles. The minimum atomic E-state index is -0.624. The first-order valence-electron chi connectivity index (χ1n) is 9.00. The molecule has 0 amide bonds. The number of halogens is 1. The molecule has 2 aliphatic rings. The van der Waals surface area contributed by atoms with Gasteiger partial charge in [0.25, 0.3) is 0 Å². The van der Waals surface area contributed by atoms with Gasteiger partial charge < -0.3 is 9.47 Å². The number of nitrogens with zero attached hydrogens (tertiary/aromatic N) is 1. The number of aromatic nitrogens is 1. The first-order valence-corrected chi connectivity index (χ1v) is 9.00. The summed E-state index contributed by atoms with van der Waals surface area (Å²) in [4.78, 5) is 16.8. The van der Waals surface area contributed by atoms with E-state index in [1.54, 1.807) is 12.3 Å². The van der Waals surface area contributed by atoms with Crippen LogP contribution in [0.15, 0.2) is 42.7 Å². The van der Waals surface area contributed by atoms with Crippen LogP contribution >= 0.6 is 0 Å². The highest BCUT2D eigenvalue weighted by Gasteiger charge is 2.51. The van der Waals surface area contributed by atoms with Gasteiger partial charge in [0.05, 0.1) is 0 Å². The van der Waals surface area contributed by atoms with Crippen LogP contribution < -0.4 is 4.74 Å². The van der Waals surface area contributed by atoms with E-state index in [-0.39, 0.29) is 23.3 Å². The lowest BCUT2D eigenvalue weighted by atomic mass is 9.58. The first kappa shape index (κ1) is 17.0. The lowest BCUT2D eigenvalue weighted by Gasteiger charge is -2.51. The van der Waals surface area contributed by atoms with Crippen molar-refractivity contribution >= 4 is 5.97 Å². The summed E-state index contributed by atoms with van der Waals surface area (Å²) < 4.78 is 24.8. The molecule has 3 atom stereocenters. The van der Waals surface area contributed by atoms with Crippen molar-refractivity contribution in [3.8, 4) is 5.75 Å². The smallest absolute Gasteiger partial charge is 0.347 e. The Balaban J connectivity index is 1.39. The third kappa shape index (κ3) is 2.96. The Morgan fingerprint density at radius 3 is 2.92 bits per heavy atom. The Labute approximate surface area is 152 Å². The number of carbonyl (C=O) groups is 1. The Hall–Kier alpha value is -2.43. The van der Waals surface area contributed by atoms with Crippen molar-refractivity contribution in [3.05, 3.63) is 59.7 Å². The lowest BCUT2D eigenvalue weighted by Crippen LogP contribution is -2.51. The minimum Gasteiger partial charge on any atom is -0.478 e. The zero-order valence-corrected chi connectivity index (χ0v) is 14.9. The number of fused-ring (bicyclic) bond motifs is 1. The molecule has 1 saturated carbocycles. The molecule has 1 fully saturated rings. The topological polar surface area (TPSA) is 48.4 Å². The predicted molar refractivity (Wildman–Crippen MR) is 94.4 cm³/mol. The largest absolute Gasteiger partial charge is 0.478 e. The third-order valence-corrected chi connectivity index (χ3v) is 5.75. The summed E-state index contributed by atoms with van der Waals surface area (Å²) in [6.07, 6.45) is 4.79. The molecule has 0 bridgehead atoms. The number of hydrogen-bond donors (Lipinski definition) is 0. The standard InChI is InChI=1S/C21H22FNO3/c1-21(2)16(14-4-3-9-23-12-14)11-19(21)26-20(24)18-7-5-13-10-15(22)6-8-17(13)25-18/h3-4,6,8-10,12,16,18-19H,5,7,11H2,1-2H3/t16-,18?,19-/m1/s1. The predicted octanol–water partition coefficient (Wildman–Crippen LogP) is 4.04. The number of esters is 1. The van der Waals surface area contributed by atoms with E-state index >= 15 is 0 Å². The van der Waals surface area contributed by atoms with Crippen LogP contribution in [-0.4, -0.2) is 23.2 Å². The van der Waals surface area contributed by atoms with Gasteiger partial charge in [-0.1, -0.05) is 19.9 Å². The molecule has 4 rings (SSSR count). The summed E-state index contributed by atoms with van der Waals surface area (Å²) in [5.74, 6) is 0.277. The van der Waals surface area contributed by atoms with Gasteiger partial charge in [-0.2, -0.15) is 0 Å². The van der Waals surface area contributed by atoms with E-state index in [1.165, 1.54) is 17.7 Å². The molecule has 1 aromatic heterocycles. The molecular formula is C21H22FNO3. The maximum absolute atomic E-state index is 13.3. The summed E-state index contributed by atoms with van der Waals surface area (Å²) in [6, 6.07) is 8.39. The van der Waals surface area contributed by atoms with Crippen molar-refractivity contribution in [2.75, 3.05) is 0 Å². The van der Waals surface area contributed by atoms with E-state index in [2.05, 4.69) is 24.9 Å². The van der Waals surface area contributed by atoms with Crippen molar-refractivity contribution in [1.29, 1.82) is 0 Å². The maximum atomic E-state index is 13.3. The molecule has 1 aromatic carbocycles. The van der Waals surface area contributed by atoms with Crippen LogP contribution in [0.1, 0.15) is 43.7 Å². The van der Waals surface area contributed by atoms with Crippen molar-refractivity contribution in [1.82, 2.24) is 4.98 Å². The van der Waals surface area contributed by atoms with Crippen LogP contribution in [0.5, 0.6) is 5.75 Å². The lowest BCUT2D eigenvalue weighted by molar-refractivity contribution is -0.177. The normalized spacial score (nSPS) is 26.2. The highest BCUT2D eigenvalue weighted by atomic mass is 19.1. The number of aryl methyl sites for hydroxylation is 1. The van der Waals surface area contributed by atoms with E-state index < -0.39 is 6.10 Å². The van der Waals surface area contributed by atoms with Crippen molar-refractivity contribution in [2.24, 2.45) is 5.41 Å². The van der Waals surface area contributed by atoms with E-state index in [4.69, 9.17) is 9.47 Å². The van der Waals surface area contributed by atoms with Gasteiger partial charge in [-0.15, -0.1) is 0 Å². The number of rotatable bonds is 3. The summed E-state index contributed by atoms with van der Waals surface area (Å²) in [6.45, 7) is 4.23. The third-order valence-electron chi connectivity index (χ3n) is 5.75. The van der Waals surface area contributed by atoms with Crippen LogP contribution in [-0.2, 0) is 16.0 Å². The summed E-state index contributed by atoms with van der Waals surface area (Å²) in [5, 5.41) is 0. The SMILES string of the molecule is CC1(C)[C@@H](c2cccnc2)C[C@H]1OC(=O)C1CCc2cc(F)ccc2O1. The maximum Gasteiger partial charge on any atom is 0.347 e. The van der Waals surface area contributed by atoms with E-state index in [9.17, 15) is 9.18 Å². The highest BCUT2D eigenvalue weighted by Crippen LogP contribution is 2.54. The zero-order chi connectivity index (χ0) is 18.3. The second-order valence-electron chi connectivity index (χ2n) is 7.72. The van der Waals surface area contributed by atoms with Crippen LogP contribution in [0.4, 0.5) is 4.39 Å². The molecule has 0 spiro atoms. The van der Waals surface area contributed by atoms with Gasteiger partial charge in [-0.3, -0.25) is 4.98 Å². The zero-order valence-electron chi connectivity index (χ0n) is 14.9. The van der Waals surface area contributed by atoms with Gasteiger partial charge in [0, 0.05) is 17.8 Å². The highest BCUT2D eigenvalue weighted by molar-refractivity contribution is 5.76. The van der Waals surface area contributed by atoms with Gasteiger partial charge in [0.2, 0.25) is 0 Å². The molecule has 0 radical (unpaired) electrons. The van der Waals surface area contributed by atoms with Crippen LogP contribution in [0.2, 0.25) is 0 Å². The minimum absolute atomic E-state index is 0.140. The number of benzene rings is 1. The number of pyridine rings is 1. The van der Waals surface area contributed by atoms with Crippen LogP contribution in [0.3, 0.4) is 0 Å². The van der Waals surface area contributed by atoms with Gasteiger partial charge >= 0.3 is 5.97 Å². The Morgan fingerprint density at radius 1 is 1.35 bits per heavy atom. The number of ether oxygens (including phenoxy) is 2. The number of carbonyl (C=O) groups excluding carboxylic acids is 1. The fraction of sp³-hybridized carbons (Fsp3) is 0.429. The Bertz CT molecular complexity index is 821. The molecule has 1 unspecified atom stereocenters. The molecule has 1 aliphatic heterocycles.